The van der Waals surface area contributed by atoms with E-state index in [9.17, 15) is 24.6 Å². The number of hydrogen-bond acceptors (Lipinski definition) is 7. The molecule has 0 saturated carbocycles. The number of nitrogens with one attached hydrogen (secondary N) is 1. The van der Waals surface area contributed by atoms with E-state index in [2.05, 4.69) is 15.0 Å². The number of carbonyl (C=O) groups excluding carboxylic acids is 1. The summed E-state index contributed by atoms with van der Waals surface area (Å²) in [5.41, 5.74) is -0.343. The van der Waals surface area contributed by atoms with E-state index >= 15 is 0 Å². The minimum absolute atomic E-state index is 0.00681. The smallest absolute Gasteiger partial charge is 0.332 e. The Morgan fingerprint density at radius 2 is 1.92 bits per heavy atom. The zero-order valence-electron chi connectivity index (χ0n) is 21.5. The molecule has 1 saturated heterocycles. The Balaban J connectivity index is 1.57. The maximum atomic E-state index is 13.7. The van der Waals surface area contributed by atoms with Crippen molar-refractivity contribution in [3.05, 3.63) is 56.8 Å². The molecule has 0 spiro atoms. The van der Waals surface area contributed by atoms with Crippen LogP contribution in [0.1, 0.15) is 55.3 Å². The van der Waals surface area contributed by atoms with Crippen LogP contribution in [0.3, 0.4) is 0 Å². The second kappa shape index (κ2) is 8.67. The quantitative estimate of drug-likeness (QED) is 0.366. The number of aromatic nitrogens is 6. The summed E-state index contributed by atoms with van der Waals surface area (Å²) in [6.07, 6.45) is 0.383. The molecule has 37 heavy (non-hydrogen) atoms. The normalized spacial score (nSPS) is 22.8. The van der Waals surface area contributed by atoms with Crippen LogP contribution in [0.15, 0.2) is 34.1 Å². The average molecular weight is 510 g/mol. The Kier molecular flexibility index (Phi) is 5.83. The van der Waals surface area contributed by atoms with Gasteiger partial charge in [0, 0.05) is 45.1 Å². The summed E-state index contributed by atoms with van der Waals surface area (Å²) in [5, 5.41) is 22.2. The third kappa shape index (κ3) is 4.05. The van der Waals surface area contributed by atoms with Crippen molar-refractivity contribution in [1.29, 1.82) is 0 Å². The Hall–Kier alpha value is -3.77. The highest BCUT2D eigenvalue weighted by Gasteiger charge is 2.42. The summed E-state index contributed by atoms with van der Waals surface area (Å²) in [7, 11) is 2.89. The molecule has 1 aliphatic rings. The van der Waals surface area contributed by atoms with Gasteiger partial charge < -0.3 is 24.7 Å². The number of aliphatic hydroxyl groups excluding tert-OH is 1. The highest BCUT2D eigenvalue weighted by Crippen LogP contribution is 2.34. The van der Waals surface area contributed by atoms with E-state index in [4.69, 9.17) is 0 Å². The van der Waals surface area contributed by atoms with Crippen molar-refractivity contribution in [1.82, 2.24) is 33.6 Å². The van der Waals surface area contributed by atoms with E-state index in [1.807, 2.05) is 13.8 Å². The maximum Gasteiger partial charge on any atom is 0.332 e. The highest BCUT2D eigenvalue weighted by atomic mass is 16.3. The van der Waals surface area contributed by atoms with Crippen LogP contribution < -0.4 is 11.2 Å². The molecule has 4 heterocycles. The second-order valence-corrected chi connectivity index (χ2v) is 10.5. The third-order valence-electron chi connectivity index (χ3n) is 7.28. The molecule has 0 aliphatic carbocycles. The molecule has 4 aromatic rings. The molecule has 3 atom stereocenters. The van der Waals surface area contributed by atoms with Gasteiger partial charge in [-0.3, -0.25) is 18.7 Å². The number of imidazole rings is 2. The number of H-pyrrole nitrogens is 1. The summed E-state index contributed by atoms with van der Waals surface area (Å²) in [4.78, 5) is 52.7. The summed E-state index contributed by atoms with van der Waals surface area (Å²) < 4.78 is 3.76. The minimum Gasteiger partial charge on any atom is -0.391 e. The minimum atomic E-state index is -1.48. The first-order chi connectivity index (χ1) is 17.4. The number of hydrogen-bond donors (Lipinski definition) is 3. The van der Waals surface area contributed by atoms with Crippen LogP contribution in [-0.2, 0) is 14.1 Å². The molecule has 12 nitrogen and oxygen atoms in total. The number of fused-ring (bicyclic) bond motifs is 2. The number of aromatic amines is 1. The van der Waals surface area contributed by atoms with Gasteiger partial charge in [0.05, 0.1) is 35.1 Å². The maximum absolute atomic E-state index is 13.7. The number of nitrogens with zero attached hydrogens (tertiary/aromatic N) is 6. The third-order valence-corrected chi connectivity index (χ3v) is 7.28. The van der Waals surface area contributed by atoms with Crippen LogP contribution in [0.2, 0.25) is 0 Å². The second-order valence-electron chi connectivity index (χ2n) is 10.5. The van der Waals surface area contributed by atoms with Gasteiger partial charge in [-0.1, -0.05) is 13.8 Å². The summed E-state index contributed by atoms with van der Waals surface area (Å²) in [5.74, 6) is 0.699. The molecule has 1 amide bonds. The van der Waals surface area contributed by atoms with Crippen LogP contribution in [-0.4, -0.2) is 74.5 Å². The number of carbonyl (C=O) groups is 1. The van der Waals surface area contributed by atoms with Crippen molar-refractivity contribution in [2.45, 2.75) is 50.9 Å². The van der Waals surface area contributed by atoms with Gasteiger partial charge in [-0.05, 0) is 25.1 Å². The van der Waals surface area contributed by atoms with Crippen molar-refractivity contribution < 1.29 is 15.0 Å². The van der Waals surface area contributed by atoms with Crippen LogP contribution >= 0.6 is 0 Å². The van der Waals surface area contributed by atoms with Crippen molar-refractivity contribution in [2.24, 2.45) is 14.1 Å². The van der Waals surface area contributed by atoms with Crippen LogP contribution in [0.5, 0.6) is 0 Å². The number of aryl methyl sites for hydroxylation is 1. The van der Waals surface area contributed by atoms with Gasteiger partial charge in [0.1, 0.15) is 5.82 Å². The van der Waals surface area contributed by atoms with Gasteiger partial charge in [0.15, 0.2) is 11.2 Å². The van der Waals surface area contributed by atoms with E-state index < -0.39 is 29.0 Å². The van der Waals surface area contributed by atoms with Gasteiger partial charge in [0.25, 0.3) is 11.5 Å². The zero-order valence-corrected chi connectivity index (χ0v) is 21.5. The van der Waals surface area contributed by atoms with Crippen LogP contribution in [0, 0.1) is 0 Å². The lowest BCUT2D eigenvalue weighted by molar-refractivity contribution is -0.0216. The summed E-state index contributed by atoms with van der Waals surface area (Å²) in [6, 6.07) is 4.39. The Bertz CT molecular complexity index is 1640. The molecule has 5 rings (SSSR count). The first-order valence-corrected chi connectivity index (χ1v) is 12.2. The topological polar surface area (TPSA) is 151 Å². The number of likely N-dealkylation sites (tertiary alicyclic amines) is 1. The molecule has 0 unspecified atom stereocenters. The highest BCUT2D eigenvalue weighted by molar-refractivity contribution is 5.97. The number of aliphatic hydroxyl groups is 2. The monoisotopic (exact) mass is 509 g/mol. The lowest BCUT2D eigenvalue weighted by atomic mass is 9.91. The lowest BCUT2D eigenvalue weighted by Gasteiger charge is -2.34. The number of amides is 1. The number of benzene rings is 1. The molecule has 1 aromatic carbocycles. The van der Waals surface area contributed by atoms with Gasteiger partial charge in [-0.15, -0.1) is 0 Å². The molecule has 12 heteroatoms. The molecule has 3 N–H and O–H groups in total. The SMILES string of the molecule is CC(C)c1nc2ccc(C(=O)N3C[C@@H](O)C[C@@](C)(O)[C@H](n4cnc5c4c(=O)n(C)c(=O)n5C)C3)cc2[nH]1. The molecule has 1 aliphatic heterocycles. The van der Waals surface area contributed by atoms with E-state index in [0.29, 0.717) is 5.56 Å². The standard InChI is InChI=1S/C25H31N7O5/c1-13(2)20-27-16-7-6-14(8-17(16)28-20)22(34)31-10-15(33)9-25(3,37)18(11-31)32-12-26-21-19(32)23(35)30(5)24(36)29(21)4/h6-8,12-13,15,18,33,37H,9-11H2,1-5H3,(H,27,28)/t15-,18+,25+/m0/s1. The Morgan fingerprint density at radius 1 is 1.19 bits per heavy atom. The number of rotatable bonds is 3. The summed E-state index contributed by atoms with van der Waals surface area (Å²) in [6.45, 7) is 5.64. The van der Waals surface area contributed by atoms with Gasteiger partial charge in [-0.25, -0.2) is 14.8 Å². The fourth-order valence-electron chi connectivity index (χ4n) is 5.18. The number of β-amino-alcohol motifs (C(OH)–C–C–N with tert-alkyl or cyclic N) is 1. The first-order valence-electron chi connectivity index (χ1n) is 12.2. The van der Waals surface area contributed by atoms with Crippen molar-refractivity contribution >= 4 is 28.1 Å². The van der Waals surface area contributed by atoms with E-state index in [0.717, 1.165) is 21.4 Å². The predicted molar refractivity (Wildman–Crippen MR) is 137 cm³/mol. The molecule has 196 valence electrons. The van der Waals surface area contributed by atoms with Crippen LogP contribution in [0.4, 0.5) is 0 Å². The summed E-state index contributed by atoms with van der Waals surface area (Å²) >= 11 is 0. The van der Waals surface area contributed by atoms with Crippen molar-refractivity contribution in [2.75, 3.05) is 13.1 Å². The predicted octanol–water partition coefficient (Wildman–Crippen LogP) is 0.633. The van der Waals surface area contributed by atoms with Gasteiger partial charge >= 0.3 is 5.69 Å². The van der Waals surface area contributed by atoms with E-state index in [1.165, 1.54) is 34.5 Å². The van der Waals surface area contributed by atoms with Gasteiger partial charge in [-0.2, -0.15) is 0 Å². The molecular weight excluding hydrogens is 478 g/mol. The van der Waals surface area contributed by atoms with E-state index in [1.54, 1.807) is 25.1 Å². The lowest BCUT2D eigenvalue weighted by Crippen LogP contribution is -2.44. The fraction of sp³-hybridized carbons (Fsp3) is 0.480. The molecular formula is C25H31N7O5. The largest absolute Gasteiger partial charge is 0.391 e. The molecule has 1 fully saturated rings. The molecule has 3 aromatic heterocycles. The Labute approximate surface area is 211 Å². The Morgan fingerprint density at radius 3 is 2.62 bits per heavy atom. The first kappa shape index (κ1) is 24.9. The zero-order chi connectivity index (χ0) is 26.8. The average Bonchev–Trinajstić information content (AvgIpc) is 3.44. The molecule has 0 radical (unpaired) electrons. The van der Waals surface area contributed by atoms with Crippen LogP contribution in [0.25, 0.3) is 22.2 Å². The van der Waals surface area contributed by atoms with Gasteiger partial charge in [0.2, 0.25) is 0 Å². The van der Waals surface area contributed by atoms with Crippen molar-refractivity contribution in [3.63, 3.8) is 0 Å². The van der Waals surface area contributed by atoms with Crippen molar-refractivity contribution in [3.8, 4) is 0 Å². The van der Waals surface area contributed by atoms with E-state index in [-0.39, 0.29) is 42.5 Å². The fourth-order valence-corrected chi connectivity index (χ4v) is 5.18. The molecule has 0 bridgehead atoms.